The molecule has 2 atom stereocenters. The number of aryl methyl sites for hydroxylation is 2. The average molecular weight is 356 g/mol. The maximum atomic E-state index is 12.9. The van der Waals surface area contributed by atoms with Crippen LogP contribution in [-0.2, 0) is 4.79 Å². The quantitative estimate of drug-likeness (QED) is 0.888. The highest BCUT2D eigenvalue weighted by Crippen LogP contribution is 2.43. The van der Waals surface area contributed by atoms with E-state index in [9.17, 15) is 4.79 Å². The monoisotopic (exact) mass is 356 g/mol. The van der Waals surface area contributed by atoms with E-state index in [1.165, 1.54) is 0 Å². The van der Waals surface area contributed by atoms with Gasteiger partial charge in [0, 0.05) is 5.56 Å². The zero-order chi connectivity index (χ0) is 18.3. The molecule has 138 valence electrons. The molecule has 6 nitrogen and oxygen atoms in total. The van der Waals surface area contributed by atoms with Crippen LogP contribution >= 0.6 is 0 Å². The summed E-state index contributed by atoms with van der Waals surface area (Å²) in [7, 11) is 0. The van der Waals surface area contributed by atoms with Crippen molar-refractivity contribution in [2.75, 3.05) is 13.2 Å². The van der Waals surface area contributed by atoms with Crippen LogP contribution in [0.3, 0.4) is 0 Å². The summed E-state index contributed by atoms with van der Waals surface area (Å²) in [6, 6.07) is 5.94. The highest BCUT2D eigenvalue weighted by Gasteiger charge is 2.35. The average Bonchev–Trinajstić information content (AvgIpc) is 3.43. The minimum Gasteiger partial charge on any atom is -0.486 e. The van der Waals surface area contributed by atoms with Crippen LogP contribution in [0.15, 0.2) is 22.7 Å². The van der Waals surface area contributed by atoms with Gasteiger partial charge in [0.25, 0.3) is 0 Å². The number of nitrogens with zero attached hydrogens (tertiary/aromatic N) is 1. The third-order valence-electron chi connectivity index (χ3n) is 5.23. The minimum atomic E-state index is -0.306. The van der Waals surface area contributed by atoms with Crippen LogP contribution in [0.25, 0.3) is 0 Å². The van der Waals surface area contributed by atoms with E-state index < -0.39 is 0 Å². The smallest absolute Gasteiger partial charge is 0.227 e. The summed E-state index contributed by atoms with van der Waals surface area (Å²) in [4.78, 5) is 12.9. The van der Waals surface area contributed by atoms with Gasteiger partial charge >= 0.3 is 0 Å². The normalized spacial score (nSPS) is 18.3. The van der Waals surface area contributed by atoms with Crippen molar-refractivity contribution in [2.45, 2.75) is 45.6 Å². The van der Waals surface area contributed by atoms with Crippen LogP contribution in [0.5, 0.6) is 11.5 Å². The summed E-state index contributed by atoms with van der Waals surface area (Å²) < 4.78 is 16.5. The lowest BCUT2D eigenvalue weighted by atomic mass is 9.96. The van der Waals surface area contributed by atoms with Crippen LogP contribution in [0, 0.1) is 19.8 Å². The lowest BCUT2D eigenvalue weighted by molar-refractivity contribution is -0.123. The standard InChI is InChI=1S/C20H24N2O4/c1-11(18-12(2)22-26-13(18)3)20(23)21-19(14-4-5-14)15-6-7-16-17(10-15)25-9-8-24-16/h6-7,10-11,14,19H,4-5,8-9H2,1-3H3,(H,21,23). The summed E-state index contributed by atoms with van der Waals surface area (Å²) in [5.41, 5.74) is 2.71. The van der Waals surface area contributed by atoms with E-state index in [1.54, 1.807) is 0 Å². The summed E-state index contributed by atoms with van der Waals surface area (Å²) in [5, 5.41) is 7.21. The number of carbonyl (C=O) groups is 1. The Morgan fingerprint density at radius 1 is 1.19 bits per heavy atom. The van der Waals surface area contributed by atoms with Gasteiger partial charge in [-0.05, 0) is 57.2 Å². The second kappa shape index (κ2) is 6.67. The zero-order valence-electron chi connectivity index (χ0n) is 15.4. The number of hydrogen-bond acceptors (Lipinski definition) is 5. The third kappa shape index (κ3) is 3.16. The Labute approximate surface area is 152 Å². The lowest BCUT2D eigenvalue weighted by Gasteiger charge is -2.24. The van der Waals surface area contributed by atoms with Crippen molar-refractivity contribution < 1.29 is 18.8 Å². The van der Waals surface area contributed by atoms with E-state index in [0.717, 1.165) is 41.2 Å². The lowest BCUT2D eigenvalue weighted by Crippen LogP contribution is -2.33. The molecule has 0 radical (unpaired) electrons. The molecule has 1 aromatic carbocycles. The fourth-order valence-corrected chi connectivity index (χ4v) is 3.67. The molecule has 2 aromatic rings. The van der Waals surface area contributed by atoms with Crippen molar-refractivity contribution in [3.05, 3.63) is 40.8 Å². The third-order valence-corrected chi connectivity index (χ3v) is 5.23. The van der Waals surface area contributed by atoms with Crippen molar-refractivity contribution in [1.29, 1.82) is 0 Å². The molecule has 1 N–H and O–H groups in total. The number of rotatable bonds is 5. The van der Waals surface area contributed by atoms with Crippen molar-refractivity contribution in [1.82, 2.24) is 10.5 Å². The molecule has 26 heavy (non-hydrogen) atoms. The minimum absolute atomic E-state index is 0.00816. The second-order valence-corrected chi connectivity index (χ2v) is 7.19. The van der Waals surface area contributed by atoms with Crippen LogP contribution < -0.4 is 14.8 Å². The van der Waals surface area contributed by atoms with E-state index in [4.69, 9.17) is 14.0 Å². The number of amides is 1. The van der Waals surface area contributed by atoms with Crippen LogP contribution in [0.4, 0.5) is 0 Å². The Balaban J connectivity index is 1.55. The first-order valence-electron chi connectivity index (χ1n) is 9.17. The molecule has 1 aliphatic heterocycles. The maximum absolute atomic E-state index is 12.9. The van der Waals surface area contributed by atoms with Crippen molar-refractivity contribution >= 4 is 5.91 Å². The molecule has 4 rings (SSSR count). The van der Waals surface area contributed by atoms with Gasteiger partial charge in [-0.2, -0.15) is 0 Å². The Morgan fingerprint density at radius 3 is 2.58 bits per heavy atom. The highest BCUT2D eigenvalue weighted by atomic mass is 16.6. The molecule has 1 aliphatic carbocycles. The van der Waals surface area contributed by atoms with Crippen molar-refractivity contribution in [2.24, 2.45) is 5.92 Å². The number of fused-ring (bicyclic) bond motifs is 1. The maximum Gasteiger partial charge on any atom is 0.227 e. The summed E-state index contributed by atoms with van der Waals surface area (Å²) >= 11 is 0. The molecule has 0 spiro atoms. The fraction of sp³-hybridized carbons (Fsp3) is 0.500. The van der Waals surface area contributed by atoms with Crippen LogP contribution in [-0.4, -0.2) is 24.3 Å². The summed E-state index contributed by atoms with van der Waals surface area (Å²) in [6.45, 7) is 6.74. The van der Waals surface area contributed by atoms with Gasteiger partial charge < -0.3 is 19.3 Å². The van der Waals surface area contributed by atoms with Crippen molar-refractivity contribution in [3.63, 3.8) is 0 Å². The Morgan fingerprint density at radius 2 is 1.92 bits per heavy atom. The molecule has 1 saturated carbocycles. The first-order valence-corrected chi connectivity index (χ1v) is 9.17. The Kier molecular flexibility index (Phi) is 4.34. The van der Waals surface area contributed by atoms with E-state index in [1.807, 2.05) is 39.0 Å². The van der Waals surface area contributed by atoms with Gasteiger partial charge in [0.2, 0.25) is 5.91 Å². The zero-order valence-corrected chi connectivity index (χ0v) is 15.4. The Bertz CT molecular complexity index is 806. The van der Waals surface area contributed by atoms with E-state index >= 15 is 0 Å². The number of ether oxygens (including phenoxy) is 2. The topological polar surface area (TPSA) is 73.6 Å². The van der Waals surface area contributed by atoms with Crippen LogP contribution in [0.2, 0.25) is 0 Å². The van der Waals surface area contributed by atoms with Gasteiger partial charge in [-0.25, -0.2) is 0 Å². The van der Waals surface area contributed by atoms with E-state index in [2.05, 4.69) is 10.5 Å². The van der Waals surface area contributed by atoms with Gasteiger partial charge in [0.05, 0.1) is 17.7 Å². The number of aromatic nitrogens is 1. The number of nitrogens with one attached hydrogen (secondary N) is 1. The number of benzene rings is 1. The Hall–Kier alpha value is -2.50. The van der Waals surface area contributed by atoms with Gasteiger partial charge in [-0.15, -0.1) is 0 Å². The molecule has 1 fully saturated rings. The van der Waals surface area contributed by atoms with Gasteiger partial charge in [0.15, 0.2) is 11.5 Å². The number of hydrogen-bond donors (Lipinski definition) is 1. The molecule has 1 amide bonds. The number of carbonyl (C=O) groups excluding carboxylic acids is 1. The molecule has 2 heterocycles. The van der Waals surface area contributed by atoms with Crippen molar-refractivity contribution in [3.8, 4) is 11.5 Å². The molecule has 1 aromatic heterocycles. The molecular weight excluding hydrogens is 332 g/mol. The highest BCUT2D eigenvalue weighted by molar-refractivity contribution is 5.84. The van der Waals surface area contributed by atoms with E-state index in [-0.39, 0.29) is 17.9 Å². The largest absolute Gasteiger partial charge is 0.486 e. The van der Waals surface area contributed by atoms with Crippen LogP contribution in [0.1, 0.15) is 54.3 Å². The second-order valence-electron chi connectivity index (χ2n) is 7.19. The van der Waals surface area contributed by atoms with E-state index in [0.29, 0.717) is 24.9 Å². The molecule has 2 unspecified atom stereocenters. The SMILES string of the molecule is Cc1noc(C)c1C(C)C(=O)NC(c1ccc2c(c1)OCCO2)C1CC1. The first-order chi connectivity index (χ1) is 12.5. The molecule has 0 bridgehead atoms. The summed E-state index contributed by atoms with van der Waals surface area (Å²) in [5.74, 6) is 2.38. The molecular formula is C20H24N2O4. The molecule has 6 heteroatoms. The molecule has 0 saturated heterocycles. The van der Waals surface area contributed by atoms with Gasteiger partial charge in [-0.3, -0.25) is 4.79 Å². The fourth-order valence-electron chi connectivity index (χ4n) is 3.67. The van der Waals surface area contributed by atoms with Gasteiger partial charge in [-0.1, -0.05) is 11.2 Å². The molecule has 2 aliphatic rings. The van der Waals surface area contributed by atoms with Gasteiger partial charge in [0.1, 0.15) is 19.0 Å². The predicted molar refractivity (Wildman–Crippen MR) is 95.4 cm³/mol. The predicted octanol–water partition coefficient (Wildman–Crippen LogP) is 3.43. The first kappa shape index (κ1) is 16.9. The summed E-state index contributed by atoms with van der Waals surface area (Å²) in [6.07, 6.45) is 2.25.